The summed E-state index contributed by atoms with van der Waals surface area (Å²) in [6, 6.07) is 15.7. The van der Waals surface area contributed by atoms with Crippen LogP contribution in [0, 0.1) is 40.1 Å². The molecule has 0 fully saturated rings. The average molecular weight is 557 g/mol. The Morgan fingerprint density at radius 3 is 2.14 bits per heavy atom. The lowest BCUT2D eigenvalue weighted by Crippen LogP contribution is -2.10. The Labute approximate surface area is 214 Å². The number of benzene rings is 3. The molecule has 184 valence electrons. The Morgan fingerprint density at radius 2 is 1.47 bits per heavy atom. The van der Waals surface area contributed by atoms with Crippen LogP contribution in [-0.2, 0) is 4.74 Å². The first-order chi connectivity index (χ1) is 17.4. The van der Waals surface area contributed by atoms with Gasteiger partial charge in [-0.15, -0.1) is 0 Å². The van der Waals surface area contributed by atoms with Gasteiger partial charge in [-0.2, -0.15) is 14.9 Å². The number of para-hydroxylation sites is 1. The zero-order chi connectivity index (χ0) is 26.1. The predicted molar refractivity (Wildman–Crippen MR) is 130 cm³/mol. The van der Waals surface area contributed by atoms with E-state index in [1.165, 1.54) is 18.2 Å². The molecule has 3 aromatic carbocycles. The molecule has 3 rings (SSSR count). The Hall–Kier alpha value is -3.82. The second-order valence-corrected chi connectivity index (χ2v) is 8.43. The van der Waals surface area contributed by atoms with Gasteiger partial charge in [-0.3, -0.25) is 0 Å². The molecule has 0 aliphatic rings. The van der Waals surface area contributed by atoms with Crippen LogP contribution >= 0.6 is 15.9 Å². The maximum atomic E-state index is 15.0. The molecule has 0 saturated heterocycles. The van der Waals surface area contributed by atoms with Gasteiger partial charge >= 0.3 is 5.97 Å². The van der Waals surface area contributed by atoms with E-state index in [1.807, 2.05) is 0 Å². The van der Waals surface area contributed by atoms with Gasteiger partial charge in [-0.25, -0.2) is 13.6 Å². The van der Waals surface area contributed by atoms with Gasteiger partial charge in [0.2, 0.25) is 11.6 Å². The number of carbonyl (C=O) groups is 1. The van der Waals surface area contributed by atoms with Crippen molar-refractivity contribution >= 4 is 21.9 Å². The Kier molecular flexibility index (Phi) is 9.49. The summed E-state index contributed by atoms with van der Waals surface area (Å²) in [6.45, 7) is 0.128. The number of rotatable bonds is 10. The number of unbranched alkanes of at least 4 members (excludes halogenated alkanes) is 3. The van der Waals surface area contributed by atoms with E-state index >= 15 is 4.39 Å². The summed E-state index contributed by atoms with van der Waals surface area (Å²) in [5, 5.41) is 19.2. The van der Waals surface area contributed by atoms with Gasteiger partial charge in [0.15, 0.2) is 11.6 Å². The average Bonchev–Trinajstić information content (AvgIpc) is 2.90. The third-order valence-corrected chi connectivity index (χ3v) is 5.85. The highest BCUT2D eigenvalue weighted by atomic mass is 79.9. The minimum atomic E-state index is -1.79. The Balaban J connectivity index is 2.06. The second-order valence-electron chi connectivity index (χ2n) is 7.63. The van der Waals surface area contributed by atoms with Crippen LogP contribution in [0.5, 0.6) is 11.5 Å². The van der Waals surface area contributed by atoms with E-state index < -0.39 is 40.3 Å². The van der Waals surface area contributed by atoms with E-state index in [-0.39, 0.29) is 23.5 Å². The number of alkyl halides is 1. The molecule has 0 aliphatic heterocycles. The smallest absolute Gasteiger partial charge is 0.341 e. The van der Waals surface area contributed by atoms with E-state index in [0.717, 1.165) is 24.6 Å². The van der Waals surface area contributed by atoms with Crippen molar-refractivity contribution in [3.8, 4) is 34.8 Å². The predicted octanol–water partition coefficient (Wildman–Crippen LogP) is 7.42. The number of hydrogen-bond acceptors (Lipinski definition) is 5. The fourth-order valence-corrected chi connectivity index (χ4v) is 3.88. The molecule has 0 amide bonds. The van der Waals surface area contributed by atoms with Crippen molar-refractivity contribution in [3.63, 3.8) is 0 Å². The molecule has 5 nitrogen and oxygen atoms in total. The van der Waals surface area contributed by atoms with Crippen molar-refractivity contribution in [2.45, 2.75) is 25.7 Å². The number of esters is 1. The van der Waals surface area contributed by atoms with Crippen LogP contribution in [0.4, 0.5) is 13.2 Å². The molecule has 0 aliphatic carbocycles. The van der Waals surface area contributed by atoms with Gasteiger partial charge < -0.3 is 9.47 Å². The molecule has 0 atom stereocenters. The van der Waals surface area contributed by atoms with E-state index in [1.54, 1.807) is 42.5 Å². The van der Waals surface area contributed by atoms with Crippen LogP contribution in [0.2, 0.25) is 0 Å². The van der Waals surface area contributed by atoms with E-state index in [9.17, 15) is 18.8 Å². The van der Waals surface area contributed by atoms with Gasteiger partial charge in [-0.05, 0) is 24.5 Å². The molecule has 3 aromatic rings. The van der Waals surface area contributed by atoms with Crippen molar-refractivity contribution in [3.05, 3.63) is 82.7 Å². The molecular formula is C27H20BrF3N2O3. The summed E-state index contributed by atoms with van der Waals surface area (Å²) in [6.07, 6.45) is 3.44. The number of halogens is 4. The van der Waals surface area contributed by atoms with Gasteiger partial charge in [0.25, 0.3) is 0 Å². The molecule has 36 heavy (non-hydrogen) atoms. The summed E-state index contributed by atoms with van der Waals surface area (Å²) >= 11 is 3.36. The molecule has 9 heteroatoms. The number of ether oxygens (including phenoxy) is 2. The third-order valence-electron chi connectivity index (χ3n) is 5.29. The summed E-state index contributed by atoms with van der Waals surface area (Å²) in [4.78, 5) is 12.9. The maximum Gasteiger partial charge on any atom is 0.341 e. The van der Waals surface area contributed by atoms with Crippen LogP contribution in [0.25, 0.3) is 11.1 Å². The highest BCUT2D eigenvalue weighted by Gasteiger charge is 2.29. The first-order valence-corrected chi connectivity index (χ1v) is 12.2. The number of hydrogen-bond donors (Lipinski definition) is 0. The summed E-state index contributed by atoms with van der Waals surface area (Å²) < 4.78 is 55.2. The number of nitrogens with zero attached hydrogens (tertiary/aromatic N) is 2. The van der Waals surface area contributed by atoms with Crippen LogP contribution in [0.3, 0.4) is 0 Å². The van der Waals surface area contributed by atoms with Crippen LogP contribution in [0.15, 0.2) is 48.5 Å². The maximum absolute atomic E-state index is 15.0. The monoisotopic (exact) mass is 556 g/mol. The quantitative estimate of drug-likeness (QED) is 0.112. The fourth-order valence-electron chi connectivity index (χ4n) is 3.49. The van der Waals surface area contributed by atoms with Crippen molar-refractivity contribution in [1.29, 1.82) is 10.5 Å². The summed E-state index contributed by atoms with van der Waals surface area (Å²) in [5.74, 6) is -7.39. The topological polar surface area (TPSA) is 83.1 Å². The molecule has 0 bridgehead atoms. The van der Waals surface area contributed by atoms with Gasteiger partial charge in [0.1, 0.15) is 34.6 Å². The summed E-state index contributed by atoms with van der Waals surface area (Å²) in [7, 11) is 0. The lowest BCUT2D eigenvalue weighted by molar-refractivity contribution is 0.0495. The highest BCUT2D eigenvalue weighted by molar-refractivity contribution is 9.09. The highest BCUT2D eigenvalue weighted by Crippen LogP contribution is 2.40. The lowest BCUT2D eigenvalue weighted by Gasteiger charge is -2.17. The SMILES string of the molecule is N#Cc1c(F)c(F)c(Oc2c(C(=O)OCCCCCCBr)cccc2-c2ccccc2)c(F)c1C#N. The Morgan fingerprint density at radius 1 is 0.806 bits per heavy atom. The molecule has 0 radical (unpaired) electrons. The molecule has 0 N–H and O–H groups in total. The number of carbonyl (C=O) groups excluding carboxylic acids is 1. The van der Waals surface area contributed by atoms with Gasteiger partial charge in [0.05, 0.1) is 6.61 Å². The van der Waals surface area contributed by atoms with Crippen molar-refractivity contribution in [2.24, 2.45) is 0 Å². The molecule has 0 spiro atoms. The van der Waals surface area contributed by atoms with Crippen molar-refractivity contribution in [2.75, 3.05) is 11.9 Å². The zero-order valence-electron chi connectivity index (χ0n) is 19.0. The normalized spacial score (nSPS) is 10.4. The molecule has 0 heterocycles. The molecule has 0 saturated carbocycles. The van der Waals surface area contributed by atoms with E-state index in [4.69, 9.17) is 14.7 Å². The molecule has 0 unspecified atom stereocenters. The van der Waals surface area contributed by atoms with Crippen molar-refractivity contribution in [1.82, 2.24) is 0 Å². The van der Waals surface area contributed by atoms with Gasteiger partial charge in [-0.1, -0.05) is 71.2 Å². The largest absolute Gasteiger partial charge is 0.462 e. The first-order valence-electron chi connectivity index (χ1n) is 11.0. The minimum absolute atomic E-state index is 0.128. The van der Waals surface area contributed by atoms with Crippen LogP contribution in [-0.4, -0.2) is 17.9 Å². The zero-order valence-corrected chi connectivity index (χ0v) is 20.6. The van der Waals surface area contributed by atoms with E-state index in [0.29, 0.717) is 12.0 Å². The first kappa shape index (κ1) is 26.8. The second kappa shape index (κ2) is 12.8. The Bertz CT molecular complexity index is 1340. The number of nitriles is 2. The van der Waals surface area contributed by atoms with E-state index in [2.05, 4.69) is 15.9 Å². The van der Waals surface area contributed by atoms with Crippen LogP contribution in [0.1, 0.15) is 47.2 Å². The molecule has 0 aromatic heterocycles. The van der Waals surface area contributed by atoms with Gasteiger partial charge in [0, 0.05) is 10.9 Å². The fraction of sp³-hybridized carbons (Fsp3) is 0.222. The van der Waals surface area contributed by atoms with Crippen LogP contribution < -0.4 is 4.74 Å². The molecular weight excluding hydrogens is 537 g/mol. The lowest BCUT2D eigenvalue weighted by atomic mass is 10.0. The third kappa shape index (κ3) is 5.87. The minimum Gasteiger partial charge on any atom is -0.462 e. The summed E-state index contributed by atoms with van der Waals surface area (Å²) in [5.41, 5.74) is -1.39. The van der Waals surface area contributed by atoms with Crippen molar-refractivity contribution < 1.29 is 27.4 Å². The standard InChI is InChI=1S/C27H20BrF3N2O3/c28-13-6-1-2-7-14-35-27(34)19-12-8-11-18(17-9-4-3-5-10-17)25(19)36-26-23(30)21(16-33)20(15-32)22(29)24(26)31/h3-5,8-12H,1-2,6-7,13-14H2.